The second-order valence-corrected chi connectivity index (χ2v) is 18.8. The maximum absolute atomic E-state index is 14.1. The van der Waals surface area contributed by atoms with Crippen LogP contribution >= 0.6 is 0 Å². The molecule has 3 heterocycles. The van der Waals surface area contributed by atoms with Crippen LogP contribution in [0.3, 0.4) is 0 Å². The lowest BCUT2D eigenvalue weighted by Crippen LogP contribution is -2.58. The highest BCUT2D eigenvalue weighted by atomic mass is 16.7. The number of nitrogens with one attached hydrogen (secondary N) is 5. The van der Waals surface area contributed by atoms with E-state index in [0.717, 1.165) is 9.80 Å². The summed E-state index contributed by atoms with van der Waals surface area (Å²) in [6.07, 6.45) is -0.106. The van der Waals surface area contributed by atoms with Crippen molar-refractivity contribution < 1.29 is 62.5 Å². The number of carboxylic acid groups (broad SMARTS) is 1. The molecule has 2 saturated heterocycles. The molecule has 4 unspecified atom stereocenters. The molecule has 0 bridgehead atoms. The molecular formula is C50H63N11O13. The molecule has 0 spiro atoms. The number of nitriles is 1. The molecule has 3 aliphatic heterocycles. The number of carbonyl (C=O) groups excluding carboxylic acids is 9. The van der Waals surface area contributed by atoms with E-state index in [0.29, 0.717) is 63.0 Å². The number of rotatable bonds is 22. The van der Waals surface area contributed by atoms with Gasteiger partial charge in [-0.15, -0.1) is 0 Å². The normalized spacial score (nSPS) is 19.2. The van der Waals surface area contributed by atoms with Gasteiger partial charge >= 0.3 is 18.3 Å². The van der Waals surface area contributed by atoms with E-state index in [1.807, 2.05) is 18.0 Å². The lowest BCUT2D eigenvalue weighted by molar-refractivity contribution is -0.151. The standard InChI is InChI=1S/C50H63N11O13/c1-31(33-11-9-32(29-51)10-12-33)55-43(65)38-28-36(30-61(38)48(70)71)73-49(72)74-41(44(66)59-26-24-58(2)25-27-59)34-13-15-35(16-14-34)56-42(64)37(8-6-22-54-47(52)69)57-46(68)50(19-7-20-50)45(67)53-21-4-3-5-23-60-39(62)17-18-40(60)63/h9-18,31,36-38,41H,3-8,19-28,30H2,1-2H3,(H,53,67)(H,55,65)(H,56,64)(H,57,68)(H,70,71)(H3,52,54,69)/t31-,36?,37?,38?,41?/m0/s1. The number of unbranched alkanes of at least 4 members (excludes halogenated alkanes) is 2. The SMILES string of the molecule is C[C@H](NC(=O)C1CC(OC(=O)OC(C(=O)N2CCN(C)CC2)c2ccc(NC(=O)C(CCCNC(N)=O)NC(=O)C3(C(=O)NCCCCCN4C(=O)C=CC4=O)CCC3)cc2)CN1C(=O)O)c1ccc(C#N)cc1. The molecule has 8 N–H and O–H groups in total. The van der Waals surface area contributed by atoms with Crippen molar-refractivity contribution in [3.63, 3.8) is 0 Å². The van der Waals surface area contributed by atoms with Gasteiger partial charge in [-0.1, -0.05) is 30.7 Å². The molecular weight excluding hydrogens is 963 g/mol. The van der Waals surface area contributed by atoms with Gasteiger partial charge < -0.3 is 56.7 Å². The number of ether oxygens (including phenoxy) is 2. The zero-order chi connectivity index (χ0) is 53.5. The lowest BCUT2D eigenvalue weighted by Gasteiger charge is -2.39. The molecule has 396 valence electrons. The molecule has 24 nitrogen and oxygen atoms in total. The van der Waals surface area contributed by atoms with E-state index in [9.17, 15) is 53.1 Å². The molecule has 74 heavy (non-hydrogen) atoms. The average molecular weight is 1030 g/mol. The Balaban J connectivity index is 1.08. The molecule has 1 aliphatic carbocycles. The Bertz CT molecular complexity index is 2480. The fourth-order valence-electron chi connectivity index (χ4n) is 9.03. The van der Waals surface area contributed by atoms with Crippen LogP contribution in [0.15, 0.2) is 60.7 Å². The predicted octanol–water partition coefficient (Wildman–Crippen LogP) is 1.78. The number of hydrogen-bond donors (Lipinski definition) is 7. The summed E-state index contributed by atoms with van der Waals surface area (Å²) in [4.78, 5) is 135. The molecule has 3 fully saturated rings. The second kappa shape index (κ2) is 25.5. The van der Waals surface area contributed by atoms with Gasteiger partial charge in [0.2, 0.25) is 29.7 Å². The van der Waals surface area contributed by atoms with E-state index < -0.39 is 83.6 Å². The Kier molecular flexibility index (Phi) is 19.1. The molecule has 10 amide bonds. The Hall–Kier alpha value is -8.07. The quantitative estimate of drug-likeness (QED) is 0.0383. The Morgan fingerprint density at radius 3 is 2.09 bits per heavy atom. The lowest BCUT2D eigenvalue weighted by atomic mass is 9.67. The molecule has 2 aromatic carbocycles. The molecule has 6 rings (SSSR count). The number of hydrogen-bond acceptors (Lipinski definition) is 14. The number of carbonyl (C=O) groups is 10. The van der Waals surface area contributed by atoms with E-state index in [1.165, 1.54) is 41.3 Å². The van der Waals surface area contributed by atoms with Crippen molar-refractivity contribution in [3.8, 4) is 6.07 Å². The minimum Gasteiger partial charge on any atom is -0.465 e. The topological polar surface area (TPSA) is 332 Å². The summed E-state index contributed by atoms with van der Waals surface area (Å²) in [5.41, 5.74) is 5.33. The molecule has 0 radical (unpaired) electrons. The van der Waals surface area contributed by atoms with Crippen LogP contribution in [0.2, 0.25) is 0 Å². The summed E-state index contributed by atoms with van der Waals surface area (Å²) in [6, 6.07) is 10.6. The first kappa shape index (κ1) is 55.2. The Morgan fingerprint density at radius 2 is 1.49 bits per heavy atom. The van der Waals surface area contributed by atoms with Crippen LogP contribution in [0.25, 0.3) is 0 Å². The summed E-state index contributed by atoms with van der Waals surface area (Å²) >= 11 is 0. The van der Waals surface area contributed by atoms with Crippen LogP contribution in [-0.2, 0) is 43.0 Å². The molecule has 0 aromatic heterocycles. The first-order valence-corrected chi connectivity index (χ1v) is 24.6. The number of nitrogens with zero attached hydrogens (tertiary/aromatic N) is 5. The molecule has 2 aromatic rings. The first-order chi connectivity index (χ1) is 35.4. The maximum Gasteiger partial charge on any atom is 0.509 e. The highest BCUT2D eigenvalue weighted by Gasteiger charge is 2.51. The number of nitrogens with two attached hydrogens (primary N) is 1. The average Bonchev–Trinajstić information content (AvgIpc) is 3.93. The van der Waals surface area contributed by atoms with E-state index in [2.05, 4.69) is 26.6 Å². The maximum atomic E-state index is 14.1. The van der Waals surface area contributed by atoms with Gasteiger partial charge in [0.05, 0.1) is 24.2 Å². The number of likely N-dealkylation sites (N-methyl/N-ethyl adjacent to an activating group) is 1. The van der Waals surface area contributed by atoms with Crippen molar-refractivity contribution in [3.05, 3.63) is 77.4 Å². The number of urea groups is 1. The van der Waals surface area contributed by atoms with Gasteiger partial charge in [0.25, 0.3) is 17.7 Å². The number of piperazine rings is 1. The van der Waals surface area contributed by atoms with Crippen molar-refractivity contribution >= 4 is 65.3 Å². The largest absolute Gasteiger partial charge is 0.509 e. The van der Waals surface area contributed by atoms with Crippen LogP contribution in [-0.4, -0.2) is 162 Å². The Labute approximate surface area is 427 Å². The van der Waals surface area contributed by atoms with Crippen molar-refractivity contribution in [2.45, 2.75) is 95.0 Å². The fourth-order valence-corrected chi connectivity index (χ4v) is 9.03. The van der Waals surface area contributed by atoms with Gasteiger partial charge in [-0.3, -0.25) is 43.4 Å². The van der Waals surface area contributed by atoms with Gasteiger partial charge in [0.15, 0.2) is 0 Å². The van der Waals surface area contributed by atoms with Gasteiger partial charge in [-0.25, -0.2) is 14.4 Å². The molecule has 1 saturated carbocycles. The van der Waals surface area contributed by atoms with E-state index in [4.69, 9.17) is 20.5 Å². The third-order valence-electron chi connectivity index (χ3n) is 13.6. The van der Waals surface area contributed by atoms with Crippen LogP contribution in [0.5, 0.6) is 0 Å². The number of benzene rings is 2. The number of amides is 10. The van der Waals surface area contributed by atoms with Crippen molar-refractivity contribution in [2.75, 3.05) is 64.7 Å². The van der Waals surface area contributed by atoms with Gasteiger partial charge in [0.1, 0.15) is 23.6 Å². The number of imide groups is 1. The van der Waals surface area contributed by atoms with E-state index >= 15 is 0 Å². The van der Waals surface area contributed by atoms with E-state index in [-0.39, 0.29) is 81.3 Å². The smallest absolute Gasteiger partial charge is 0.465 e. The highest BCUT2D eigenvalue weighted by Crippen LogP contribution is 2.42. The fraction of sp³-hybridized carbons (Fsp3) is 0.500. The van der Waals surface area contributed by atoms with Crippen LogP contribution < -0.4 is 32.3 Å². The van der Waals surface area contributed by atoms with Crippen molar-refractivity contribution in [2.24, 2.45) is 11.1 Å². The predicted molar refractivity (Wildman–Crippen MR) is 262 cm³/mol. The van der Waals surface area contributed by atoms with Gasteiger partial charge in [-0.05, 0) is 88.7 Å². The number of likely N-dealkylation sites (tertiary alicyclic amines) is 1. The van der Waals surface area contributed by atoms with E-state index in [1.54, 1.807) is 31.2 Å². The minimum absolute atomic E-state index is 0.0388. The van der Waals surface area contributed by atoms with Crippen LogP contribution in [0.1, 0.15) is 93.5 Å². The first-order valence-electron chi connectivity index (χ1n) is 24.6. The molecule has 5 atom stereocenters. The third kappa shape index (κ3) is 14.3. The summed E-state index contributed by atoms with van der Waals surface area (Å²) < 4.78 is 11.3. The van der Waals surface area contributed by atoms with Gasteiger partial charge in [0, 0.05) is 75.6 Å². The van der Waals surface area contributed by atoms with Gasteiger partial charge in [-0.2, -0.15) is 5.26 Å². The summed E-state index contributed by atoms with van der Waals surface area (Å²) in [5.74, 6) is -3.72. The zero-order valence-electron chi connectivity index (χ0n) is 41.3. The highest BCUT2D eigenvalue weighted by molar-refractivity contribution is 6.13. The number of primary amides is 1. The van der Waals surface area contributed by atoms with Crippen LogP contribution in [0, 0.1) is 16.7 Å². The molecule has 4 aliphatic rings. The summed E-state index contributed by atoms with van der Waals surface area (Å²) in [7, 11) is 1.90. The number of anilines is 1. The summed E-state index contributed by atoms with van der Waals surface area (Å²) in [6.45, 7) is 3.67. The monoisotopic (exact) mass is 1030 g/mol. The van der Waals surface area contributed by atoms with Crippen molar-refractivity contribution in [1.29, 1.82) is 5.26 Å². The van der Waals surface area contributed by atoms with Crippen LogP contribution in [0.4, 0.5) is 20.1 Å². The summed E-state index contributed by atoms with van der Waals surface area (Å²) in [5, 5.41) is 32.6. The minimum atomic E-state index is -1.54. The Morgan fingerprint density at radius 1 is 0.838 bits per heavy atom. The second-order valence-electron chi connectivity index (χ2n) is 18.8. The third-order valence-corrected chi connectivity index (χ3v) is 13.6. The zero-order valence-corrected chi connectivity index (χ0v) is 41.3. The van der Waals surface area contributed by atoms with Crippen molar-refractivity contribution in [1.82, 2.24) is 40.9 Å². The molecule has 24 heteroatoms.